The Balaban J connectivity index is 2.58. The number of thioether (sulfide) groups is 1. The zero-order valence-electron chi connectivity index (χ0n) is 12.6. The second-order valence-electron chi connectivity index (χ2n) is 4.72. The van der Waals surface area contributed by atoms with Gasteiger partial charge in [-0.05, 0) is 37.1 Å². The van der Waals surface area contributed by atoms with Crippen molar-refractivity contribution in [3.8, 4) is 5.75 Å². The molecule has 1 atom stereocenters. The zero-order valence-corrected chi connectivity index (χ0v) is 13.4. The van der Waals surface area contributed by atoms with Crippen LogP contribution in [0.3, 0.4) is 0 Å². The van der Waals surface area contributed by atoms with Crippen molar-refractivity contribution >= 4 is 11.8 Å². The Morgan fingerprint density at radius 3 is 2.55 bits per heavy atom. The number of ether oxygens (including phenoxy) is 1. The first kappa shape index (κ1) is 17.3. The van der Waals surface area contributed by atoms with Gasteiger partial charge in [-0.15, -0.1) is 0 Å². The van der Waals surface area contributed by atoms with E-state index in [1.807, 2.05) is 12.1 Å². The average Bonchev–Trinajstić information content (AvgIpc) is 2.49. The Labute approximate surface area is 127 Å². The molecule has 1 aromatic carbocycles. The van der Waals surface area contributed by atoms with Gasteiger partial charge in [-0.2, -0.15) is 11.8 Å². The Kier molecular flexibility index (Phi) is 9.54. The highest BCUT2D eigenvalue weighted by Crippen LogP contribution is 2.21. The van der Waals surface area contributed by atoms with Gasteiger partial charge in [0.1, 0.15) is 5.75 Å². The topological polar surface area (TPSA) is 41.5 Å². The molecule has 1 aromatic rings. The number of aliphatic hydroxyl groups is 1. The van der Waals surface area contributed by atoms with E-state index in [0.29, 0.717) is 6.04 Å². The highest BCUT2D eigenvalue weighted by atomic mass is 32.2. The molecule has 0 amide bonds. The molecular weight excluding hydrogens is 270 g/mol. The van der Waals surface area contributed by atoms with Crippen LogP contribution in [0.2, 0.25) is 0 Å². The summed E-state index contributed by atoms with van der Waals surface area (Å²) < 4.78 is 5.61. The second-order valence-corrected chi connectivity index (χ2v) is 5.87. The van der Waals surface area contributed by atoms with Crippen LogP contribution in [0.15, 0.2) is 24.3 Å². The summed E-state index contributed by atoms with van der Waals surface area (Å²) in [5.74, 6) is 2.71. The summed E-state index contributed by atoms with van der Waals surface area (Å²) in [6, 6.07) is 8.70. The summed E-state index contributed by atoms with van der Waals surface area (Å²) in [5.41, 5.74) is 1.28. The third-order valence-corrected chi connectivity index (χ3v) is 3.96. The van der Waals surface area contributed by atoms with E-state index in [2.05, 4.69) is 31.3 Å². The van der Waals surface area contributed by atoms with Crippen molar-refractivity contribution in [3.63, 3.8) is 0 Å². The van der Waals surface area contributed by atoms with Crippen molar-refractivity contribution in [3.05, 3.63) is 29.8 Å². The lowest BCUT2D eigenvalue weighted by Gasteiger charge is -2.19. The Bertz CT molecular complexity index is 343. The van der Waals surface area contributed by atoms with Gasteiger partial charge in [0.05, 0.1) is 13.2 Å². The molecule has 0 bridgehead atoms. The zero-order chi connectivity index (χ0) is 14.6. The molecule has 0 saturated heterocycles. The van der Waals surface area contributed by atoms with Crippen molar-refractivity contribution in [1.82, 2.24) is 5.32 Å². The minimum Gasteiger partial charge on any atom is -0.494 e. The van der Waals surface area contributed by atoms with E-state index in [0.717, 1.165) is 43.2 Å². The van der Waals surface area contributed by atoms with E-state index in [4.69, 9.17) is 9.84 Å². The van der Waals surface area contributed by atoms with Crippen molar-refractivity contribution < 1.29 is 9.84 Å². The second kappa shape index (κ2) is 11.0. The monoisotopic (exact) mass is 297 g/mol. The lowest BCUT2D eigenvalue weighted by atomic mass is 10.1. The first-order valence-electron chi connectivity index (χ1n) is 7.46. The summed E-state index contributed by atoms with van der Waals surface area (Å²) in [4.78, 5) is 0. The molecule has 114 valence electrons. The number of nitrogens with one attached hydrogen (secondary N) is 1. The van der Waals surface area contributed by atoms with Crippen LogP contribution in [0.25, 0.3) is 0 Å². The van der Waals surface area contributed by atoms with Crippen molar-refractivity contribution in [2.24, 2.45) is 0 Å². The molecule has 0 radical (unpaired) electrons. The van der Waals surface area contributed by atoms with E-state index in [9.17, 15) is 0 Å². The minimum atomic E-state index is 0.245. The van der Waals surface area contributed by atoms with Gasteiger partial charge in [0.15, 0.2) is 0 Å². The minimum absolute atomic E-state index is 0.245. The maximum Gasteiger partial charge on any atom is 0.119 e. The fourth-order valence-corrected chi connectivity index (χ4v) is 2.72. The Morgan fingerprint density at radius 1 is 1.20 bits per heavy atom. The predicted molar refractivity (Wildman–Crippen MR) is 87.7 cm³/mol. The van der Waals surface area contributed by atoms with E-state index < -0.39 is 0 Å². The molecule has 1 rings (SSSR count). The van der Waals surface area contributed by atoms with Crippen LogP contribution in [0.4, 0.5) is 0 Å². The fourth-order valence-electron chi connectivity index (χ4n) is 1.87. The first-order chi connectivity index (χ1) is 9.81. The highest BCUT2D eigenvalue weighted by molar-refractivity contribution is 7.99. The number of hydrogen-bond acceptors (Lipinski definition) is 4. The van der Waals surface area contributed by atoms with Gasteiger partial charge < -0.3 is 15.2 Å². The van der Waals surface area contributed by atoms with Gasteiger partial charge in [0.25, 0.3) is 0 Å². The number of benzene rings is 1. The van der Waals surface area contributed by atoms with Gasteiger partial charge in [-0.3, -0.25) is 0 Å². The Hall–Kier alpha value is -0.710. The first-order valence-corrected chi connectivity index (χ1v) is 8.62. The van der Waals surface area contributed by atoms with Crippen molar-refractivity contribution in [1.29, 1.82) is 0 Å². The third-order valence-electron chi connectivity index (χ3n) is 2.92. The van der Waals surface area contributed by atoms with Crippen LogP contribution in [-0.2, 0) is 0 Å². The Morgan fingerprint density at radius 2 is 1.95 bits per heavy atom. The molecule has 2 N–H and O–H groups in total. The average molecular weight is 297 g/mol. The van der Waals surface area contributed by atoms with Gasteiger partial charge in [-0.25, -0.2) is 0 Å². The SMILES string of the molecule is CCCNC(CSCCO)c1ccc(OCCC)cc1. The quantitative estimate of drug-likeness (QED) is 0.615. The molecule has 20 heavy (non-hydrogen) atoms. The maximum absolute atomic E-state index is 8.89. The smallest absolute Gasteiger partial charge is 0.119 e. The molecule has 0 aliphatic rings. The van der Waals surface area contributed by atoms with E-state index in [1.165, 1.54) is 5.56 Å². The van der Waals surface area contributed by atoms with Crippen LogP contribution in [0.1, 0.15) is 38.3 Å². The van der Waals surface area contributed by atoms with Crippen LogP contribution < -0.4 is 10.1 Å². The van der Waals surface area contributed by atoms with E-state index in [-0.39, 0.29) is 6.61 Å². The van der Waals surface area contributed by atoms with Crippen LogP contribution in [0, 0.1) is 0 Å². The van der Waals surface area contributed by atoms with E-state index >= 15 is 0 Å². The van der Waals surface area contributed by atoms with E-state index in [1.54, 1.807) is 11.8 Å². The molecule has 4 heteroatoms. The third kappa shape index (κ3) is 6.64. The lowest BCUT2D eigenvalue weighted by molar-refractivity contribution is 0.317. The van der Waals surface area contributed by atoms with Gasteiger partial charge in [0.2, 0.25) is 0 Å². The summed E-state index contributed by atoms with van der Waals surface area (Å²) in [5, 5.41) is 12.5. The molecule has 0 aliphatic heterocycles. The maximum atomic E-state index is 8.89. The summed E-state index contributed by atoms with van der Waals surface area (Å²) >= 11 is 1.78. The molecule has 0 aliphatic carbocycles. The number of rotatable bonds is 11. The molecule has 0 saturated carbocycles. The van der Waals surface area contributed by atoms with Gasteiger partial charge in [-0.1, -0.05) is 26.0 Å². The van der Waals surface area contributed by atoms with Crippen LogP contribution >= 0.6 is 11.8 Å². The molecule has 3 nitrogen and oxygen atoms in total. The molecular formula is C16H27NO2S. The lowest BCUT2D eigenvalue weighted by Crippen LogP contribution is -2.24. The molecule has 0 fully saturated rings. The summed E-state index contributed by atoms with van der Waals surface area (Å²) in [6.07, 6.45) is 2.15. The standard InChI is InChI=1S/C16H27NO2S/c1-3-9-17-16(13-20-12-10-18)14-5-7-15(8-6-14)19-11-4-2/h5-8,16-18H,3-4,9-13H2,1-2H3. The van der Waals surface area contributed by atoms with Crippen LogP contribution in [0.5, 0.6) is 5.75 Å². The number of aliphatic hydroxyl groups excluding tert-OH is 1. The molecule has 1 unspecified atom stereocenters. The molecule has 0 spiro atoms. The summed E-state index contributed by atoms with van der Waals surface area (Å²) in [7, 11) is 0. The molecule has 0 heterocycles. The number of hydrogen-bond donors (Lipinski definition) is 2. The summed E-state index contributed by atoms with van der Waals surface area (Å²) in [6.45, 7) is 6.31. The normalized spacial score (nSPS) is 12.3. The largest absolute Gasteiger partial charge is 0.494 e. The van der Waals surface area contributed by atoms with Crippen molar-refractivity contribution in [2.75, 3.05) is 31.3 Å². The van der Waals surface area contributed by atoms with Gasteiger partial charge in [0, 0.05) is 17.5 Å². The fraction of sp³-hybridized carbons (Fsp3) is 0.625. The van der Waals surface area contributed by atoms with Crippen molar-refractivity contribution in [2.45, 2.75) is 32.7 Å². The predicted octanol–water partition coefficient (Wildman–Crippen LogP) is 3.24. The molecule has 0 aromatic heterocycles. The van der Waals surface area contributed by atoms with Crippen LogP contribution in [-0.4, -0.2) is 36.4 Å². The van der Waals surface area contributed by atoms with Gasteiger partial charge >= 0.3 is 0 Å². The highest BCUT2D eigenvalue weighted by Gasteiger charge is 2.10.